The van der Waals surface area contributed by atoms with Crippen molar-refractivity contribution in [1.29, 1.82) is 0 Å². The Morgan fingerprint density at radius 1 is 1.21 bits per heavy atom. The predicted octanol–water partition coefficient (Wildman–Crippen LogP) is 4.40. The Kier molecular flexibility index (Phi) is 4.48. The van der Waals surface area contributed by atoms with Gasteiger partial charge in [0.25, 0.3) is 5.91 Å². The second kappa shape index (κ2) is 6.72. The molecule has 0 bridgehead atoms. The van der Waals surface area contributed by atoms with E-state index in [1.807, 2.05) is 0 Å². The van der Waals surface area contributed by atoms with Crippen molar-refractivity contribution in [3.8, 4) is 17.1 Å². The molecule has 0 aliphatic heterocycles. The van der Waals surface area contributed by atoms with Crippen LogP contribution in [0.15, 0.2) is 53.1 Å². The fourth-order valence-electron chi connectivity index (χ4n) is 2.10. The average molecular weight is 347 g/mol. The molecule has 0 spiro atoms. The van der Waals surface area contributed by atoms with Crippen LogP contribution in [-0.4, -0.2) is 18.2 Å². The smallest absolute Gasteiger partial charge is 0.277 e. The zero-order valence-corrected chi connectivity index (χ0v) is 13.3. The van der Waals surface area contributed by atoms with E-state index in [0.29, 0.717) is 27.8 Å². The maximum absolute atomic E-state index is 12.9. The Morgan fingerprint density at radius 3 is 2.67 bits per heavy atom. The van der Waals surface area contributed by atoms with Gasteiger partial charge in [-0.15, -0.1) is 0 Å². The Morgan fingerprint density at radius 2 is 1.96 bits per heavy atom. The third-order valence-electron chi connectivity index (χ3n) is 3.28. The van der Waals surface area contributed by atoms with E-state index in [0.717, 1.165) is 0 Å². The van der Waals surface area contributed by atoms with Gasteiger partial charge in [-0.05, 0) is 42.5 Å². The van der Waals surface area contributed by atoms with E-state index in [-0.39, 0.29) is 11.5 Å². The highest BCUT2D eigenvalue weighted by molar-refractivity contribution is 6.31. The van der Waals surface area contributed by atoms with Gasteiger partial charge in [0.05, 0.1) is 12.8 Å². The third kappa shape index (κ3) is 3.38. The van der Waals surface area contributed by atoms with Crippen molar-refractivity contribution in [2.75, 3.05) is 12.4 Å². The Balaban J connectivity index is 1.81. The van der Waals surface area contributed by atoms with Gasteiger partial charge in [-0.3, -0.25) is 4.79 Å². The van der Waals surface area contributed by atoms with Crippen molar-refractivity contribution in [1.82, 2.24) is 5.16 Å². The molecule has 1 heterocycles. The van der Waals surface area contributed by atoms with Crippen LogP contribution in [-0.2, 0) is 0 Å². The molecule has 0 radical (unpaired) electrons. The molecular weight excluding hydrogens is 335 g/mol. The van der Waals surface area contributed by atoms with Crippen molar-refractivity contribution >= 4 is 23.2 Å². The highest BCUT2D eigenvalue weighted by Gasteiger charge is 2.16. The normalized spacial score (nSPS) is 10.5. The largest absolute Gasteiger partial charge is 0.495 e. The molecular formula is C17H12ClFN2O3. The molecule has 0 aliphatic rings. The number of amides is 1. The van der Waals surface area contributed by atoms with E-state index in [4.69, 9.17) is 20.9 Å². The molecule has 0 saturated carbocycles. The highest BCUT2D eigenvalue weighted by Crippen LogP contribution is 2.28. The predicted molar refractivity (Wildman–Crippen MR) is 87.9 cm³/mol. The molecule has 1 aromatic heterocycles. The number of nitrogens with zero attached hydrogens (tertiary/aromatic N) is 1. The molecule has 2 aromatic carbocycles. The van der Waals surface area contributed by atoms with E-state index >= 15 is 0 Å². The van der Waals surface area contributed by atoms with Gasteiger partial charge in [0.1, 0.15) is 11.6 Å². The van der Waals surface area contributed by atoms with E-state index in [1.165, 1.54) is 37.4 Å². The van der Waals surface area contributed by atoms with Crippen LogP contribution in [0.1, 0.15) is 10.5 Å². The van der Waals surface area contributed by atoms with Crippen LogP contribution < -0.4 is 10.1 Å². The topological polar surface area (TPSA) is 64.4 Å². The molecule has 0 unspecified atom stereocenters. The van der Waals surface area contributed by atoms with Crippen molar-refractivity contribution < 1.29 is 18.4 Å². The van der Waals surface area contributed by atoms with Gasteiger partial charge < -0.3 is 14.6 Å². The molecule has 3 rings (SSSR count). The Bertz CT molecular complexity index is 878. The SMILES string of the molecule is COc1ccc(Cl)cc1NC(=O)c1cc(-c2ccc(F)cc2)on1. The number of methoxy groups -OCH3 is 1. The van der Waals surface area contributed by atoms with Crippen LogP contribution in [0.5, 0.6) is 5.75 Å². The summed E-state index contributed by atoms with van der Waals surface area (Å²) in [5, 5.41) is 6.85. The minimum atomic E-state index is -0.479. The summed E-state index contributed by atoms with van der Waals surface area (Å²) in [4.78, 5) is 12.3. The molecule has 122 valence electrons. The van der Waals surface area contributed by atoms with Gasteiger partial charge in [-0.1, -0.05) is 16.8 Å². The highest BCUT2D eigenvalue weighted by atomic mass is 35.5. The van der Waals surface area contributed by atoms with Crippen LogP contribution in [0.2, 0.25) is 5.02 Å². The summed E-state index contributed by atoms with van der Waals surface area (Å²) in [6, 6.07) is 12.0. The monoisotopic (exact) mass is 346 g/mol. The zero-order chi connectivity index (χ0) is 17.1. The quantitative estimate of drug-likeness (QED) is 0.760. The summed E-state index contributed by atoms with van der Waals surface area (Å²) < 4.78 is 23.3. The summed E-state index contributed by atoms with van der Waals surface area (Å²) in [6.07, 6.45) is 0. The van der Waals surface area contributed by atoms with E-state index < -0.39 is 5.91 Å². The molecule has 7 heteroatoms. The van der Waals surface area contributed by atoms with Gasteiger partial charge in [0.15, 0.2) is 11.5 Å². The van der Waals surface area contributed by atoms with Gasteiger partial charge in [0, 0.05) is 16.7 Å². The number of hydrogen-bond acceptors (Lipinski definition) is 4. The second-order valence-corrected chi connectivity index (χ2v) is 5.32. The number of ether oxygens (including phenoxy) is 1. The first-order valence-electron chi connectivity index (χ1n) is 6.94. The molecule has 3 aromatic rings. The zero-order valence-electron chi connectivity index (χ0n) is 12.5. The number of aromatic nitrogens is 1. The Hall–Kier alpha value is -2.86. The van der Waals surface area contributed by atoms with Gasteiger partial charge >= 0.3 is 0 Å². The van der Waals surface area contributed by atoms with Crippen molar-refractivity contribution in [3.63, 3.8) is 0 Å². The number of carbonyl (C=O) groups is 1. The summed E-state index contributed by atoms with van der Waals surface area (Å²) in [5.74, 6) is -0.00910. The first kappa shape index (κ1) is 16.0. The number of halogens is 2. The first-order valence-corrected chi connectivity index (χ1v) is 7.32. The summed E-state index contributed by atoms with van der Waals surface area (Å²) >= 11 is 5.93. The molecule has 5 nitrogen and oxygen atoms in total. The van der Waals surface area contributed by atoms with Gasteiger partial charge in [-0.25, -0.2) is 4.39 Å². The first-order chi connectivity index (χ1) is 11.6. The fourth-order valence-corrected chi connectivity index (χ4v) is 2.27. The lowest BCUT2D eigenvalue weighted by Crippen LogP contribution is -2.12. The number of rotatable bonds is 4. The molecule has 24 heavy (non-hydrogen) atoms. The molecule has 0 saturated heterocycles. The molecule has 1 amide bonds. The molecule has 1 N–H and O–H groups in total. The maximum Gasteiger partial charge on any atom is 0.277 e. The minimum absolute atomic E-state index is 0.0800. The third-order valence-corrected chi connectivity index (χ3v) is 3.52. The standard InChI is InChI=1S/C17H12ClFN2O3/c1-23-15-7-4-11(18)8-13(15)20-17(22)14-9-16(24-21-14)10-2-5-12(19)6-3-10/h2-9H,1H3,(H,20,22). The number of anilines is 1. The summed E-state index contributed by atoms with van der Waals surface area (Å²) in [5.41, 5.74) is 1.11. The summed E-state index contributed by atoms with van der Waals surface area (Å²) in [7, 11) is 1.49. The maximum atomic E-state index is 12.9. The lowest BCUT2D eigenvalue weighted by atomic mass is 10.1. The van der Waals surface area contributed by atoms with Crippen LogP contribution in [0.3, 0.4) is 0 Å². The Labute approximate surface area is 142 Å². The molecule has 0 atom stereocenters. The van der Waals surface area contributed by atoms with Crippen LogP contribution in [0.4, 0.5) is 10.1 Å². The number of nitrogens with one attached hydrogen (secondary N) is 1. The number of benzene rings is 2. The van der Waals surface area contributed by atoms with Crippen LogP contribution in [0, 0.1) is 5.82 Å². The lowest BCUT2D eigenvalue weighted by molar-refractivity contribution is 0.101. The van der Waals surface area contributed by atoms with E-state index in [1.54, 1.807) is 18.2 Å². The van der Waals surface area contributed by atoms with Crippen LogP contribution in [0.25, 0.3) is 11.3 Å². The molecule has 0 aliphatic carbocycles. The molecule has 0 fully saturated rings. The minimum Gasteiger partial charge on any atom is -0.495 e. The fraction of sp³-hybridized carbons (Fsp3) is 0.0588. The van der Waals surface area contributed by atoms with E-state index in [9.17, 15) is 9.18 Å². The van der Waals surface area contributed by atoms with Crippen LogP contribution >= 0.6 is 11.6 Å². The van der Waals surface area contributed by atoms with Crippen molar-refractivity contribution in [2.45, 2.75) is 0 Å². The van der Waals surface area contributed by atoms with Gasteiger partial charge in [-0.2, -0.15) is 0 Å². The number of carbonyl (C=O) groups excluding carboxylic acids is 1. The average Bonchev–Trinajstić information content (AvgIpc) is 3.06. The van der Waals surface area contributed by atoms with E-state index in [2.05, 4.69) is 10.5 Å². The van der Waals surface area contributed by atoms with Gasteiger partial charge in [0.2, 0.25) is 0 Å². The second-order valence-electron chi connectivity index (χ2n) is 4.88. The summed E-state index contributed by atoms with van der Waals surface area (Å²) in [6.45, 7) is 0. The number of hydrogen-bond donors (Lipinski definition) is 1. The lowest BCUT2D eigenvalue weighted by Gasteiger charge is -2.09. The van der Waals surface area contributed by atoms with Crippen molar-refractivity contribution in [3.05, 3.63) is 65.1 Å². The van der Waals surface area contributed by atoms with Crippen molar-refractivity contribution in [2.24, 2.45) is 0 Å².